The number of fused-ring (bicyclic) bond motifs is 1. The van der Waals surface area contributed by atoms with E-state index < -0.39 is 5.92 Å². The number of aryl methyl sites for hydroxylation is 1. The number of amides is 2. The largest absolute Gasteiger partial charge is 0.454 e. The number of nitrogens with zero attached hydrogens (tertiary/aromatic N) is 1. The maximum absolute atomic E-state index is 13.2. The summed E-state index contributed by atoms with van der Waals surface area (Å²) in [5.41, 5.74) is 2.91. The molecular formula is C24H22N2O4S. The van der Waals surface area contributed by atoms with Crippen LogP contribution in [0.1, 0.15) is 28.5 Å². The van der Waals surface area contributed by atoms with Crippen molar-refractivity contribution in [2.24, 2.45) is 5.92 Å². The maximum Gasteiger partial charge on any atom is 0.231 e. The summed E-state index contributed by atoms with van der Waals surface area (Å²) in [5, 5.41) is 5.18. The van der Waals surface area contributed by atoms with Gasteiger partial charge in [-0.3, -0.25) is 9.59 Å². The van der Waals surface area contributed by atoms with Crippen molar-refractivity contribution in [2.75, 3.05) is 18.2 Å². The van der Waals surface area contributed by atoms with Crippen molar-refractivity contribution in [3.8, 4) is 11.5 Å². The number of carbonyl (C=O) groups excluding carboxylic acids is 2. The minimum absolute atomic E-state index is 0.0676. The van der Waals surface area contributed by atoms with Gasteiger partial charge in [0.25, 0.3) is 0 Å². The fraction of sp³-hybridized carbons (Fsp3) is 0.250. The smallest absolute Gasteiger partial charge is 0.231 e. The lowest BCUT2D eigenvalue weighted by molar-refractivity contribution is -0.126. The van der Waals surface area contributed by atoms with E-state index in [1.165, 1.54) is 5.56 Å². The van der Waals surface area contributed by atoms with Crippen molar-refractivity contribution in [3.05, 3.63) is 76.0 Å². The van der Waals surface area contributed by atoms with E-state index in [1.54, 1.807) is 28.4 Å². The van der Waals surface area contributed by atoms with E-state index in [1.807, 2.05) is 54.8 Å². The molecule has 0 unspecified atom stereocenters. The topological polar surface area (TPSA) is 67.9 Å². The third kappa shape index (κ3) is 3.88. The van der Waals surface area contributed by atoms with Gasteiger partial charge in [-0.2, -0.15) is 0 Å². The second-order valence-electron chi connectivity index (χ2n) is 7.81. The Balaban J connectivity index is 1.33. The Morgan fingerprint density at radius 3 is 2.71 bits per heavy atom. The highest BCUT2D eigenvalue weighted by Crippen LogP contribution is 2.37. The van der Waals surface area contributed by atoms with Gasteiger partial charge in [-0.1, -0.05) is 35.9 Å². The number of hydrogen-bond donors (Lipinski definition) is 1. The van der Waals surface area contributed by atoms with Gasteiger partial charge in [-0.25, -0.2) is 0 Å². The lowest BCUT2D eigenvalue weighted by atomic mass is 10.0. The van der Waals surface area contributed by atoms with Gasteiger partial charge in [0.15, 0.2) is 11.5 Å². The molecule has 2 amide bonds. The molecule has 2 atom stereocenters. The Kier molecular flexibility index (Phi) is 5.11. The maximum atomic E-state index is 13.2. The second-order valence-corrected chi connectivity index (χ2v) is 8.79. The van der Waals surface area contributed by atoms with Gasteiger partial charge in [-0.05, 0) is 36.1 Å². The van der Waals surface area contributed by atoms with E-state index in [0.717, 1.165) is 16.1 Å². The molecule has 1 aromatic heterocycles. The van der Waals surface area contributed by atoms with Crippen molar-refractivity contribution < 1.29 is 19.1 Å². The Morgan fingerprint density at radius 1 is 1.13 bits per heavy atom. The van der Waals surface area contributed by atoms with Crippen molar-refractivity contribution in [1.29, 1.82) is 0 Å². The van der Waals surface area contributed by atoms with Gasteiger partial charge >= 0.3 is 0 Å². The van der Waals surface area contributed by atoms with Crippen molar-refractivity contribution in [2.45, 2.75) is 19.4 Å². The summed E-state index contributed by atoms with van der Waals surface area (Å²) in [6.07, 6.45) is 0.186. The van der Waals surface area contributed by atoms with Crippen LogP contribution in [0, 0.1) is 12.8 Å². The van der Waals surface area contributed by atoms with Crippen LogP contribution in [0.2, 0.25) is 0 Å². The van der Waals surface area contributed by atoms with E-state index in [2.05, 4.69) is 5.32 Å². The minimum Gasteiger partial charge on any atom is -0.454 e. The van der Waals surface area contributed by atoms with E-state index in [9.17, 15) is 9.59 Å². The van der Waals surface area contributed by atoms with E-state index in [-0.39, 0.29) is 31.1 Å². The van der Waals surface area contributed by atoms with Crippen LogP contribution >= 0.6 is 11.3 Å². The quantitative estimate of drug-likeness (QED) is 0.658. The zero-order chi connectivity index (χ0) is 21.4. The molecule has 2 aliphatic rings. The summed E-state index contributed by atoms with van der Waals surface area (Å²) in [6, 6.07) is 17.4. The molecule has 2 aliphatic heterocycles. The number of carbonyl (C=O) groups is 2. The normalized spacial score (nSPS) is 18.3. The van der Waals surface area contributed by atoms with Crippen LogP contribution in [-0.4, -0.2) is 25.2 Å². The number of thiophene rings is 1. The van der Waals surface area contributed by atoms with Gasteiger partial charge in [0.1, 0.15) is 0 Å². The summed E-state index contributed by atoms with van der Waals surface area (Å²) in [7, 11) is 0. The molecule has 3 aromatic rings. The van der Waals surface area contributed by atoms with Crippen LogP contribution in [0.25, 0.3) is 0 Å². The SMILES string of the molecule is Cc1ccc([C@H](NC(=O)[C@@H]2CC(=O)N(c3ccc4c(c3)OCO4)C2)c2cccs2)cc1. The summed E-state index contributed by atoms with van der Waals surface area (Å²) >= 11 is 1.61. The Hall–Kier alpha value is -3.32. The average molecular weight is 435 g/mol. The van der Waals surface area contributed by atoms with E-state index in [0.29, 0.717) is 18.0 Å². The number of ether oxygens (including phenoxy) is 2. The fourth-order valence-electron chi connectivity index (χ4n) is 3.98. The molecule has 0 saturated carbocycles. The first-order valence-electron chi connectivity index (χ1n) is 10.2. The average Bonchev–Trinajstić information content (AvgIpc) is 3.53. The number of benzene rings is 2. The highest BCUT2D eigenvalue weighted by atomic mass is 32.1. The zero-order valence-corrected chi connectivity index (χ0v) is 17.9. The van der Waals surface area contributed by atoms with Gasteiger partial charge in [-0.15, -0.1) is 11.3 Å². The monoisotopic (exact) mass is 434 g/mol. The number of rotatable bonds is 5. The number of hydrogen-bond acceptors (Lipinski definition) is 5. The fourth-order valence-corrected chi connectivity index (χ4v) is 4.78. The first kappa shape index (κ1) is 19.6. The molecule has 5 rings (SSSR count). The first-order valence-corrected chi connectivity index (χ1v) is 11.1. The molecular weight excluding hydrogens is 412 g/mol. The first-order chi connectivity index (χ1) is 15.1. The molecule has 1 fully saturated rings. The summed E-state index contributed by atoms with van der Waals surface area (Å²) in [6.45, 7) is 2.56. The molecule has 7 heteroatoms. The van der Waals surface area contributed by atoms with Gasteiger partial charge in [0.05, 0.1) is 12.0 Å². The molecule has 0 radical (unpaired) electrons. The zero-order valence-electron chi connectivity index (χ0n) is 17.0. The molecule has 6 nitrogen and oxygen atoms in total. The van der Waals surface area contributed by atoms with Gasteiger partial charge in [0.2, 0.25) is 18.6 Å². The molecule has 0 aliphatic carbocycles. The van der Waals surface area contributed by atoms with Crippen LogP contribution in [0.15, 0.2) is 60.0 Å². The molecule has 1 saturated heterocycles. The third-order valence-electron chi connectivity index (χ3n) is 5.69. The van der Waals surface area contributed by atoms with Crippen molar-refractivity contribution in [3.63, 3.8) is 0 Å². The molecule has 31 heavy (non-hydrogen) atoms. The molecule has 2 aromatic carbocycles. The Labute approximate surface area is 184 Å². The lowest BCUT2D eigenvalue weighted by Gasteiger charge is -2.21. The van der Waals surface area contributed by atoms with Gasteiger partial charge < -0.3 is 19.7 Å². The number of nitrogens with one attached hydrogen (secondary N) is 1. The Bertz CT molecular complexity index is 1110. The van der Waals surface area contributed by atoms with Crippen LogP contribution in [0.3, 0.4) is 0 Å². The standard InChI is InChI=1S/C24H22N2O4S/c1-15-4-6-16(7-5-15)23(21-3-2-10-31-21)25-24(28)17-11-22(27)26(13-17)18-8-9-19-20(12-18)30-14-29-19/h2-10,12,17,23H,11,13-14H2,1H3,(H,25,28)/t17-,23+/m1/s1. The molecule has 0 spiro atoms. The van der Waals surface area contributed by atoms with E-state index in [4.69, 9.17) is 9.47 Å². The molecule has 158 valence electrons. The van der Waals surface area contributed by atoms with Crippen LogP contribution in [0.4, 0.5) is 5.69 Å². The highest BCUT2D eigenvalue weighted by Gasteiger charge is 2.36. The predicted molar refractivity (Wildman–Crippen MR) is 119 cm³/mol. The van der Waals surface area contributed by atoms with Gasteiger partial charge in [0, 0.05) is 29.6 Å². The predicted octanol–water partition coefficient (Wildman–Crippen LogP) is 4.04. The Morgan fingerprint density at radius 2 is 1.94 bits per heavy atom. The van der Waals surface area contributed by atoms with Crippen LogP contribution in [0.5, 0.6) is 11.5 Å². The number of anilines is 1. The van der Waals surface area contributed by atoms with Crippen LogP contribution < -0.4 is 19.7 Å². The highest BCUT2D eigenvalue weighted by molar-refractivity contribution is 7.10. The van der Waals surface area contributed by atoms with Crippen molar-refractivity contribution in [1.82, 2.24) is 5.32 Å². The minimum atomic E-state index is -0.411. The third-order valence-corrected chi connectivity index (χ3v) is 6.63. The summed E-state index contributed by atoms with van der Waals surface area (Å²) in [5.74, 6) is 0.695. The molecule has 1 N–H and O–H groups in total. The molecule has 3 heterocycles. The summed E-state index contributed by atoms with van der Waals surface area (Å²) < 4.78 is 10.8. The molecule has 0 bridgehead atoms. The van der Waals surface area contributed by atoms with Crippen LogP contribution in [-0.2, 0) is 9.59 Å². The van der Waals surface area contributed by atoms with E-state index >= 15 is 0 Å². The second kappa shape index (κ2) is 8.07. The van der Waals surface area contributed by atoms with Crippen molar-refractivity contribution >= 4 is 28.8 Å². The summed E-state index contributed by atoms with van der Waals surface area (Å²) in [4.78, 5) is 28.6. The lowest BCUT2D eigenvalue weighted by Crippen LogP contribution is -2.35.